The molecular weight excluding hydrogens is 260 g/mol. The third-order valence-electron chi connectivity index (χ3n) is 5.54. The van der Waals surface area contributed by atoms with Crippen molar-refractivity contribution >= 4 is 0 Å². The molecule has 0 aromatic carbocycles. The SMILES string of the molecule is CC(C)NC(CO)(CN1CCC(C(C)(C)C)CC1)C1CC1. The van der Waals surface area contributed by atoms with E-state index >= 15 is 0 Å². The molecule has 3 nitrogen and oxygen atoms in total. The summed E-state index contributed by atoms with van der Waals surface area (Å²) in [7, 11) is 0. The highest BCUT2D eigenvalue weighted by molar-refractivity contribution is 5.04. The van der Waals surface area contributed by atoms with Crippen molar-refractivity contribution in [3.8, 4) is 0 Å². The van der Waals surface area contributed by atoms with Gasteiger partial charge in [0.2, 0.25) is 0 Å². The predicted molar refractivity (Wildman–Crippen MR) is 89.4 cm³/mol. The van der Waals surface area contributed by atoms with E-state index in [-0.39, 0.29) is 12.1 Å². The minimum absolute atomic E-state index is 0.0667. The van der Waals surface area contributed by atoms with Gasteiger partial charge in [-0.3, -0.25) is 0 Å². The standard InChI is InChI=1S/C18H36N2O/c1-14(2)19-18(13-21,16-6-7-16)12-20-10-8-15(9-11-20)17(3,4)5/h14-16,19,21H,6-13H2,1-5H3. The molecule has 0 bridgehead atoms. The first kappa shape index (κ1) is 17.2. The zero-order valence-electron chi connectivity index (χ0n) is 14.8. The second-order valence-electron chi connectivity index (χ2n) is 8.80. The smallest absolute Gasteiger partial charge is 0.0628 e. The van der Waals surface area contributed by atoms with Crippen LogP contribution >= 0.6 is 0 Å². The van der Waals surface area contributed by atoms with E-state index in [0.29, 0.717) is 17.4 Å². The van der Waals surface area contributed by atoms with E-state index in [4.69, 9.17) is 0 Å². The number of piperidine rings is 1. The molecule has 1 atom stereocenters. The van der Waals surface area contributed by atoms with Crippen LogP contribution in [-0.2, 0) is 0 Å². The number of aliphatic hydroxyl groups is 1. The Hall–Kier alpha value is -0.120. The molecule has 21 heavy (non-hydrogen) atoms. The van der Waals surface area contributed by atoms with Crippen molar-refractivity contribution in [1.29, 1.82) is 0 Å². The molecule has 2 N–H and O–H groups in total. The zero-order chi connectivity index (χ0) is 15.7. The molecule has 1 saturated heterocycles. The van der Waals surface area contributed by atoms with Gasteiger partial charge in [0.05, 0.1) is 12.1 Å². The summed E-state index contributed by atoms with van der Waals surface area (Å²) in [4.78, 5) is 2.59. The summed E-state index contributed by atoms with van der Waals surface area (Å²) in [5.74, 6) is 1.52. The molecular formula is C18H36N2O. The van der Waals surface area contributed by atoms with E-state index in [9.17, 15) is 5.11 Å². The Morgan fingerprint density at radius 1 is 1.05 bits per heavy atom. The van der Waals surface area contributed by atoms with Gasteiger partial charge in [-0.2, -0.15) is 0 Å². The van der Waals surface area contributed by atoms with Crippen molar-refractivity contribution in [3.05, 3.63) is 0 Å². The molecule has 0 amide bonds. The molecule has 1 heterocycles. The lowest BCUT2D eigenvalue weighted by Crippen LogP contribution is -2.60. The largest absolute Gasteiger partial charge is 0.394 e. The number of aliphatic hydroxyl groups excluding tert-OH is 1. The number of hydrogen-bond donors (Lipinski definition) is 2. The Balaban J connectivity index is 1.93. The van der Waals surface area contributed by atoms with Crippen LogP contribution < -0.4 is 5.32 Å². The van der Waals surface area contributed by atoms with Gasteiger partial charge in [-0.05, 0) is 56.0 Å². The highest BCUT2D eigenvalue weighted by Crippen LogP contribution is 2.41. The molecule has 0 radical (unpaired) electrons. The van der Waals surface area contributed by atoms with Gasteiger partial charge < -0.3 is 15.3 Å². The summed E-state index contributed by atoms with van der Waals surface area (Å²) in [6.45, 7) is 15.2. The van der Waals surface area contributed by atoms with E-state index in [1.807, 2.05) is 0 Å². The van der Waals surface area contributed by atoms with Crippen molar-refractivity contribution in [2.45, 2.75) is 71.9 Å². The Morgan fingerprint density at radius 3 is 2.00 bits per heavy atom. The van der Waals surface area contributed by atoms with E-state index in [0.717, 1.165) is 12.5 Å². The summed E-state index contributed by atoms with van der Waals surface area (Å²) in [6.07, 6.45) is 5.16. The lowest BCUT2D eigenvalue weighted by atomic mass is 9.75. The molecule has 0 aromatic rings. The molecule has 3 heteroatoms. The van der Waals surface area contributed by atoms with Crippen molar-refractivity contribution in [2.75, 3.05) is 26.2 Å². The van der Waals surface area contributed by atoms with Crippen LogP contribution in [0.3, 0.4) is 0 Å². The molecule has 1 aliphatic carbocycles. The zero-order valence-corrected chi connectivity index (χ0v) is 14.8. The minimum Gasteiger partial charge on any atom is -0.394 e. The molecule has 124 valence electrons. The van der Waals surface area contributed by atoms with E-state index in [1.165, 1.54) is 38.8 Å². The first-order valence-electron chi connectivity index (χ1n) is 8.88. The molecule has 1 saturated carbocycles. The molecule has 0 spiro atoms. The van der Waals surface area contributed by atoms with E-state index in [1.54, 1.807) is 0 Å². The molecule has 0 aromatic heterocycles. The van der Waals surface area contributed by atoms with Crippen molar-refractivity contribution in [1.82, 2.24) is 10.2 Å². The van der Waals surface area contributed by atoms with Crippen molar-refractivity contribution < 1.29 is 5.11 Å². The van der Waals surface area contributed by atoms with Gasteiger partial charge in [-0.25, -0.2) is 0 Å². The Morgan fingerprint density at radius 2 is 1.62 bits per heavy atom. The van der Waals surface area contributed by atoms with Gasteiger partial charge in [0.1, 0.15) is 0 Å². The average Bonchev–Trinajstić information content (AvgIpc) is 3.21. The normalized spacial score (nSPS) is 25.3. The number of rotatable bonds is 6. The average molecular weight is 296 g/mol. The molecule has 2 rings (SSSR count). The van der Waals surface area contributed by atoms with Gasteiger partial charge >= 0.3 is 0 Å². The fraction of sp³-hybridized carbons (Fsp3) is 1.00. The van der Waals surface area contributed by atoms with Crippen molar-refractivity contribution in [2.24, 2.45) is 17.3 Å². The topological polar surface area (TPSA) is 35.5 Å². The van der Waals surface area contributed by atoms with Crippen LogP contribution in [0.25, 0.3) is 0 Å². The second-order valence-corrected chi connectivity index (χ2v) is 8.80. The lowest BCUT2D eigenvalue weighted by molar-refractivity contribution is 0.0504. The van der Waals surface area contributed by atoms with Crippen LogP contribution in [0.2, 0.25) is 0 Å². The Labute approximate surface area is 131 Å². The maximum absolute atomic E-state index is 10.1. The predicted octanol–water partition coefficient (Wildman–Crippen LogP) is 2.88. The number of hydrogen-bond acceptors (Lipinski definition) is 3. The summed E-state index contributed by atoms with van der Waals surface area (Å²) >= 11 is 0. The van der Waals surface area contributed by atoms with Crippen LogP contribution in [0, 0.1) is 17.3 Å². The number of nitrogens with zero attached hydrogens (tertiary/aromatic N) is 1. The third kappa shape index (κ3) is 4.43. The Bertz CT molecular complexity index is 325. The summed E-state index contributed by atoms with van der Waals surface area (Å²) in [5, 5.41) is 13.8. The van der Waals surface area contributed by atoms with Gasteiger partial charge in [-0.15, -0.1) is 0 Å². The number of likely N-dealkylation sites (tertiary alicyclic amines) is 1. The van der Waals surface area contributed by atoms with Gasteiger partial charge in [-0.1, -0.05) is 34.6 Å². The number of nitrogens with one attached hydrogen (secondary N) is 1. The van der Waals surface area contributed by atoms with Crippen LogP contribution in [0.1, 0.15) is 60.3 Å². The molecule has 2 fully saturated rings. The monoisotopic (exact) mass is 296 g/mol. The summed E-state index contributed by atoms with van der Waals surface area (Å²) in [6, 6.07) is 0.435. The third-order valence-corrected chi connectivity index (χ3v) is 5.54. The van der Waals surface area contributed by atoms with Gasteiger partial charge in [0, 0.05) is 12.6 Å². The van der Waals surface area contributed by atoms with Crippen LogP contribution in [0.5, 0.6) is 0 Å². The summed E-state index contributed by atoms with van der Waals surface area (Å²) < 4.78 is 0. The van der Waals surface area contributed by atoms with Crippen LogP contribution in [-0.4, -0.2) is 47.8 Å². The molecule has 1 aliphatic heterocycles. The maximum Gasteiger partial charge on any atom is 0.0628 e. The first-order valence-corrected chi connectivity index (χ1v) is 8.88. The second kappa shape index (κ2) is 6.55. The maximum atomic E-state index is 10.1. The van der Waals surface area contributed by atoms with Gasteiger partial charge in [0.15, 0.2) is 0 Å². The van der Waals surface area contributed by atoms with E-state index < -0.39 is 0 Å². The van der Waals surface area contributed by atoms with Crippen molar-refractivity contribution in [3.63, 3.8) is 0 Å². The van der Waals surface area contributed by atoms with Crippen LogP contribution in [0.4, 0.5) is 0 Å². The highest BCUT2D eigenvalue weighted by Gasteiger charge is 2.46. The molecule has 1 unspecified atom stereocenters. The van der Waals surface area contributed by atoms with Gasteiger partial charge in [0.25, 0.3) is 0 Å². The molecule has 2 aliphatic rings. The lowest BCUT2D eigenvalue weighted by Gasteiger charge is -2.44. The minimum atomic E-state index is -0.0667. The first-order chi connectivity index (χ1) is 9.77. The fourth-order valence-corrected chi connectivity index (χ4v) is 4.08. The highest BCUT2D eigenvalue weighted by atomic mass is 16.3. The van der Waals surface area contributed by atoms with Crippen LogP contribution in [0.15, 0.2) is 0 Å². The summed E-state index contributed by atoms with van der Waals surface area (Å²) in [5.41, 5.74) is 0.371. The van der Waals surface area contributed by atoms with E-state index in [2.05, 4.69) is 44.8 Å². The fourth-order valence-electron chi connectivity index (χ4n) is 4.08. The Kier molecular flexibility index (Phi) is 5.38. The quantitative estimate of drug-likeness (QED) is 0.791.